The molecule has 2 fully saturated rings. The zero-order valence-electron chi connectivity index (χ0n) is 15.4. The molecule has 4 heterocycles. The number of hydrogen-bond donors (Lipinski definition) is 1. The molecule has 2 saturated heterocycles. The Morgan fingerprint density at radius 1 is 1.20 bits per heavy atom. The van der Waals surface area contributed by atoms with Crippen molar-refractivity contribution >= 4 is 23.1 Å². The lowest BCUT2D eigenvalue weighted by Gasteiger charge is -2.47. The number of hydrogen-bond acceptors (Lipinski definition) is 6. The van der Waals surface area contributed by atoms with Gasteiger partial charge < -0.3 is 20.0 Å². The third-order valence-corrected chi connectivity index (χ3v) is 5.71. The van der Waals surface area contributed by atoms with Crippen LogP contribution in [0.5, 0.6) is 0 Å². The lowest BCUT2D eigenvalue weighted by Crippen LogP contribution is -2.63. The minimum absolute atomic E-state index is 0.119. The number of pyridine rings is 1. The molecule has 4 rings (SSSR count). The summed E-state index contributed by atoms with van der Waals surface area (Å²) in [5.74, 6) is 1.13. The first-order valence-corrected chi connectivity index (χ1v) is 9.30. The fourth-order valence-electron chi connectivity index (χ4n) is 4.08. The molecule has 0 bridgehead atoms. The standard InChI is InChI=1S/C18H28N6O/c1-13(2)23-8-9-24-16(12-23)18(25)21(3)15-10-14(11-20-17(15)24)22-6-4-19-5-7-22/h10-11,13,16,19H,4-9,12H2,1-3H3. The van der Waals surface area contributed by atoms with Crippen molar-refractivity contribution in [3.05, 3.63) is 12.3 Å². The smallest absolute Gasteiger partial charge is 0.250 e. The highest BCUT2D eigenvalue weighted by Crippen LogP contribution is 2.37. The summed E-state index contributed by atoms with van der Waals surface area (Å²) in [4.78, 5) is 26.5. The van der Waals surface area contributed by atoms with Gasteiger partial charge in [0.2, 0.25) is 0 Å². The van der Waals surface area contributed by atoms with Crippen molar-refractivity contribution in [1.82, 2.24) is 15.2 Å². The summed E-state index contributed by atoms with van der Waals surface area (Å²) in [5, 5.41) is 3.37. The molecule has 0 aromatic carbocycles. The average Bonchev–Trinajstić information content (AvgIpc) is 2.66. The second kappa shape index (κ2) is 6.46. The van der Waals surface area contributed by atoms with Crippen LogP contribution in [-0.4, -0.2) is 80.7 Å². The van der Waals surface area contributed by atoms with Crippen LogP contribution in [0.2, 0.25) is 0 Å². The maximum Gasteiger partial charge on any atom is 0.250 e. The first kappa shape index (κ1) is 16.6. The van der Waals surface area contributed by atoms with Gasteiger partial charge in [0, 0.05) is 58.9 Å². The van der Waals surface area contributed by atoms with E-state index in [2.05, 4.69) is 39.9 Å². The third-order valence-electron chi connectivity index (χ3n) is 5.71. The number of rotatable bonds is 2. The highest BCUT2D eigenvalue weighted by molar-refractivity contribution is 6.05. The van der Waals surface area contributed by atoms with Gasteiger partial charge in [-0.3, -0.25) is 9.69 Å². The van der Waals surface area contributed by atoms with Crippen molar-refractivity contribution in [3.63, 3.8) is 0 Å². The Hall–Kier alpha value is -1.86. The second-order valence-corrected chi connectivity index (χ2v) is 7.47. The Kier molecular flexibility index (Phi) is 4.29. The van der Waals surface area contributed by atoms with E-state index in [1.807, 2.05) is 13.2 Å². The van der Waals surface area contributed by atoms with Gasteiger partial charge in [0.05, 0.1) is 17.6 Å². The van der Waals surface area contributed by atoms with Crippen LogP contribution in [0.1, 0.15) is 13.8 Å². The number of nitrogens with one attached hydrogen (secondary N) is 1. The van der Waals surface area contributed by atoms with E-state index in [0.29, 0.717) is 6.04 Å². The molecule has 1 amide bonds. The highest BCUT2D eigenvalue weighted by atomic mass is 16.2. The monoisotopic (exact) mass is 344 g/mol. The fourth-order valence-corrected chi connectivity index (χ4v) is 4.08. The van der Waals surface area contributed by atoms with Crippen molar-refractivity contribution in [2.24, 2.45) is 0 Å². The van der Waals surface area contributed by atoms with E-state index in [9.17, 15) is 4.79 Å². The molecule has 7 nitrogen and oxygen atoms in total. The van der Waals surface area contributed by atoms with Crippen LogP contribution in [0.25, 0.3) is 0 Å². The minimum Gasteiger partial charge on any atom is -0.368 e. The minimum atomic E-state index is -0.119. The zero-order chi connectivity index (χ0) is 17.6. The number of fused-ring (bicyclic) bond motifs is 3. The summed E-state index contributed by atoms with van der Waals surface area (Å²) in [7, 11) is 1.88. The maximum atomic E-state index is 13.0. The molecule has 1 aromatic heterocycles. The summed E-state index contributed by atoms with van der Waals surface area (Å²) in [5.41, 5.74) is 2.05. The highest BCUT2D eigenvalue weighted by Gasteiger charge is 2.41. The van der Waals surface area contributed by atoms with Gasteiger partial charge in [0.15, 0.2) is 5.82 Å². The lowest BCUT2D eigenvalue weighted by atomic mass is 10.0. The second-order valence-electron chi connectivity index (χ2n) is 7.47. The van der Waals surface area contributed by atoms with E-state index in [-0.39, 0.29) is 11.9 Å². The van der Waals surface area contributed by atoms with E-state index < -0.39 is 0 Å². The van der Waals surface area contributed by atoms with Crippen LogP contribution in [0.4, 0.5) is 17.2 Å². The number of likely N-dealkylation sites (N-methyl/N-ethyl adjacent to an activating group) is 1. The number of piperazine rings is 2. The molecular formula is C18H28N6O. The van der Waals surface area contributed by atoms with Crippen LogP contribution in [0, 0.1) is 0 Å². The molecule has 3 aliphatic rings. The molecule has 1 unspecified atom stereocenters. The van der Waals surface area contributed by atoms with E-state index in [1.165, 1.54) is 0 Å². The maximum absolute atomic E-state index is 13.0. The fraction of sp³-hybridized carbons (Fsp3) is 0.667. The number of nitrogens with zero attached hydrogens (tertiary/aromatic N) is 5. The average molecular weight is 344 g/mol. The first-order valence-electron chi connectivity index (χ1n) is 9.30. The zero-order valence-corrected chi connectivity index (χ0v) is 15.4. The van der Waals surface area contributed by atoms with Crippen molar-refractivity contribution in [2.75, 3.05) is 67.6 Å². The summed E-state index contributed by atoms with van der Waals surface area (Å²) in [6.07, 6.45) is 1.97. The Morgan fingerprint density at radius 3 is 2.68 bits per heavy atom. The van der Waals surface area contributed by atoms with Crippen LogP contribution in [0.15, 0.2) is 12.3 Å². The lowest BCUT2D eigenvalue weighted by molar-refractivity contribution is -0.121. The summed E-state index contributed by atoms with van der Waals surface area (Å²) in [6, 6.07) is 2.48. The van der Waals surface area contributed by atoms with Crippen LogP contribution in [-0.2, 0) is 4.79 Å². The third kappa shape index (κ3) is 2.85. The predicted molar refractivity (Wildman–Crippen MR) is 101 cm³/mol. The Balaban J connectivity index is 1.64. The van der Waals surface area contributed by atoms with Gasteiger partial charge in [-0.1, -0.05) is 0 Å². The molecular weight excluding hydrogens is 316 g/mol. The van der Waals surface area contributed by atoms with Gasteiger partial charge in [-0.25, -0.2) is 4.98 Å². The molecule has 0 aliphatic carbocycles. The van der Waals surface area contributed by atoms with Gasteiger partial charge >= 0.3 is 0 Å². The van der Waals surface area contributed by atoms with Crippen LogP contribution in [0.3, 0.4) is 0 Å². The van der Waals surface area contributed by atoms with Gasteiger partial charge in [0.1, 0.15) is 6.04 Å². The molecule has 0 spiro atoms. The quantitative estimate of drug-likeness (QED) is 0.836. The molecule has 1 aromatic rings. The molecule has 136 valence electrons. The number of anilines is 3. The van der Waals surface area contributed by atoms with Gasteiger partial charge in [0.25, 0.3) is 5.91 Å². The topological polar surface area (TPSA) is 55.0 Å². The van der Waals surface area contributed by atoms with E-state index in [1.54, 1.807) is 4.90 Å². The SMILES string of the molecule is CC(C)N1CCN2c3ncc(N4CCNCC4)cc3N(C)C(=O)C2C1. The summed E-state index contributed by atoms with van der Waals surface area (Å²) >= 11 is 0. The summed E-state index contributed by atoms with van der Waals surface area (Å²) in [6.45, 7) is 10.9. The first-order chi connectivity index (χ1) is 12.1. The normalized spacial score (nSPS) is 24.6. The Morgan fingerprint density at radius 2 is 1.96 bits per heavy atom. The van der Waals surface area contributed by atoms with Gasteiger partial charge in [-0.2, -0.15) is 0 Å². The van der Waals surface area contributed by atoms with E-state index in [0.717, 1.165) is 63.0 Å². The predicted octanol–water partition coefficient (Wildman–Crippen LogP) is 0.367. The van der Waals surface area contributed by atoms with E-state index >= 15 is 0 Å². The Labute approximate surface area is 149 Å². The molecule has 3 aliphatic heterocycles. The van der Waals surface area contributed by atoms with Crippen molar-refractivity contribution < 1.29 is 4.79 Å². The van der Waals surface area contributed by atoms with Gasteiger partial charge in [-0.05, 0) is 19.9 Å². The number of amides is 1. The largest absolute Gasteiger partial charge is 0.368 e. The molecule has 7 heteroatoms. The Bertz CT molecular complexity index is 657. The van der Waals surface area contributed by atoms with Crippen molar-refractivity contribution in [3.8, 4) is 0 Å². The molecule has 1 N–H and O–H groups in total. The van der Waals surface area contributed by atoms with Crippen LogP contribution >= 0.6 is 0 Å². The molecule has 0 radical (unpaired) electrons. The number of carbonyl (C=O) groups is 1. The molecule has 25 heavy (non-hydrogen) atoms. The number of aromatic nitrogens is 1. The summed E-state index contributed by atoms with van der Waals surface area (Å²) < 4.78 is 0. The van der Waals surface area contributed by atoms with Crippen molar-refractivity contribution in [1.29, 1.82) is 0 Å². The number of carbonyl (C=O) groups excluding carboxylic acids is 1. The van der Waals surface area contributed by atoms with Gasteiger partial charge in [-0.15, -0.1) is 0 Å². The molecule has 0 saturated carbocycles. The van der Waals surface area contributed by atoms with Crippen molar-refractivity contribution in [2.45, 2.75) is 25.9 Å². The van der Waals surface area contributed by atoms with E-state index in [4.69, 9.17) is 4.98 Å². The van der Waals surface area contributed by atoms with Crippen LogP contribution < -0.4 is 20.0 Å². The molecule has 1 atom stereocenters.